The lowest BCUT2D eigenvalue weighted by Crippen LogP contribution is -2.45. The quantitative estimate of drug-likeness (QED) is 0.403. The van der Waals surface area contributed by atoms with Crippen molar-refractivity contribution >= 4 is 35.0 Å². The van der Waals surface area contributed by atoms with Gasteiger partial charge >= 0.3 is 6.03 Å². The third-order valence-corrected chi connectivity index (χ3v) is 7.13. The van der Waals surface area contributed by atoms with Crippen LogP contribution in [-0.2, 0) is 21.7 Å². The fraction of sp³-hybridized carbons (Fsp3) is 0.231. The maximum atomic E-state index is 13.8. The summed E-state index contributed by atoms with van der Waals surface area (Å²) in [6, 6.07) is 17.5. The number of hydrogen-bond acceptors (Lipinski definition) is 5. The van der Waals surface area contributed by atoms with Crippen LogP contribution in [0.3, 0.4) is 0 Å². The first-order valence-electron chi connectivity index (χ1n) is 10.9. The largest absolute Gasteiger partial charge is 0.351 e. The van der Waals surface area contributed by atoms with E-state index in [1.807, 2.05) is 50.2 Å². The molecule has 1 atom stereocenters. The number of thiophene rings is 1. The van der Waals surface area contributed by atoms with Gasteiger partial charge < -0.3 is 10.6 Å². The molecule has 8 heteroatoms. The van der Waals surface area contributed by atoms with Crippen LogP contribution in [0.2, 0.25) is 0 Å². The number of nitrogens with zero attached hydrogens (tertiary/aromatic N) is 1. The molecule has 0 saturated carbocycles. The summed E-state index contributed by atoms with van der Waals surface area (Å²) in [5, 5.41) is 5.57. The second-order valence-electron chi connectivity index (χ2n) is 8.34. The Morgan fingerprint density at radius 3 is 2.38 bits per heavy atom. The number of imide groups is 1. The van der Waals surface area contributed by atoms with Gasteiger partial charge in [-0.25, -0.2) is 4.79 Å². The number of hydrogen-bond donors (Lipinski definition) is 2. The summed E-state index contributed by atoms with van der Waals surface area (Å²) in [5.41, 5.74) is 1.92. The highest BCUT2D eigenvalue weighted by molar-refractivity contribution is 7.14. The van der Waals surface area contributed by atoms with Gasteiger partial charge in [0.15, 0.2) is 11.3 Å². The van der Waals surface area contributed by atoms with Crippen molar-refractivity contribution in [2.24, 2.45) is 0 Å². The second kappa shape index (κ2) is 9.23. The van der Waals surface area contributed by atoms with Gasteiger partial charge in [-0.15, -0.1) is 11.3 Å². The lowest BCUT2D eigenvalue weighted by molar-refractivity contribution is -0.130. The summed E-state index contributed by atoms with van der Waals surface area (Å²) >= 11 is 1.23. The Bertz CT molecular complexity index is 1280. The molecule has 2 N–H and O–H groups in total. The van der Waals surface area contributed by atoms with Crippen molar-refractivity contribution in [2.45, 2.75) is 32.9 Å². The number of ketones is 1. The van der Waals surface area contributed by atoms with Crippen molar-refractivity contribution in [1.82, 2.24) is 15.5 Å². The number of Topliss-reactive ketones (excluding diaryl/α,β-unsaturated/α-hetero) is 1. The number of aryl methyl sites for hydroxylation is 2. The summed E-state index contributed by atoms with van der Waals surface area (Å²) < 4.78 is 0. The molecular weight excluding hydrogens is 450 g/mol. The molecule has 1 saturated heterocycles. The molecule has 2 heterocycles. The van der Waals surface area contributed by atoms with Gasteiger partial charge in [-0.05, 0) is 48.2 Å². The first-order valence-corrected chi connectivity index (χ1v) is 11.7. The zero-order valence-electron chi connectivity index (χ0n) is 19.2. The number of amides is 4. The Morgan fingerprint density at radius 1 is 0.971 bits per heavy atom. The molecule has 174 valence electrons. The van der Waals surface area contributed by atoms with Gasteiger partial charge in [0, 0.05) is 11.8 Å². The molecule has 0 radical (unpaired) electrons. The molecule has 0 aliphatic carbocycles. The molecule has 0 unspecified atom stereocenters. The third-order valence-electron chi connectivity index (χ3n) is 6.00. The van der Waals surface area contributed by atoms with Gasteiger partial charge in [-0.3, -0.25) is 19.3 Å². The molecule has 4 rings (SSSR count). The molecule has 0 spiro atoms. The lowest BCUT2D eigenvalue weighted by atomic mass is 9.81. The first-order chi connectivity index (χ1) is 16.2. The average Bonchev–Trinajstić information content (AvgIpc) is 3.39. The van der Waals surface area contributed by atoms with Crippen LogP contribution in [0.15, 0.2) is 60.7 Å². The maximum Gasteiger partial charge on any atom is 0.325 e. The van der Waals surface area contributed by atoms with Crippen molar-refractivity contribution in [3.05, 3.63) is 92.7 Å². The molecule has 1 fully saturated rings. The fourth-order valence-electron chi connectivity index (χ4n) is 4.00. The Kier molecular flexibility index (Phi) is 6.34. The average molecular weight is 476 g/mol. The minimum absolute atomic E-state index is 0.163. The van der Waals surface area contributed by atoms with Crippen LogP contribution in [0.1, 0.15) is 43.7 Å². The molecule has 7 nitrogen and oxygen atoms in total. The van der Waals surface area contributed by atoms with Crippen molar-refractivity contribution in [1.29, 1.82) is 0 Å². The Morgan fingerprint density at radius 2 is 1.71 bits per heavy atom. The van der Waals surface area contributed by atoms with Crippen LogP contribution in [-0.4, -0.2) is 35.1 Å². The number of carbonyl (C=O) groups is 4. The van der Waals surface area contributed by atoms with Crippen molar-refractivity contribution in [3.63, 3.8) is 0 Å². The van der Waals surface area contributed by atoms with E-state index in [9.17, 15) is 19.2 Å². The topological polar surface area (TPSA) is 95.6 Å². The van der Waals surface area contributed by atoms with E-state index >= 15 is 0 Å². The van der Waals surface area contributed by atoms with Gasteiger partial charge in [0.2, 0.25) is 5.91 Å². The molecule has 1 aliphatic heterocycles. The third kappa shape index (κ3) is 4.24. The second-order valence-corrected chi connectivity index (χ2v) is 9.50. The summed E-state index contributed by atoms with van der Waals surface area (Å²) in [4.78, 5) is 53.2. The van der Waals surface area contributed by atoms with Crippen molar-refractivity contribution < 1.29 is 19.2 Å². The van der Waals surface area contributed by atoms with E-state index in [2.05, 4.69) is 10.6 Å². The Labute approximate surface area is 201 Å². The van der Waals surface area contributed by atoms with Crippen LogP contribution in [0, 0.1) is 13.8 Å². The minimum atomic E-state index is -1.41. The SMILES string of the molecule is CC(=O)NCc1ccc(C(=O)CN2C(=O)N[C@@](c3ccccc3)(c3ccc(C)c(C)c3)C2=O)s1. The lowest BCUT2D eigenvalue weighted by Gasteiger charge is -2.28. The van der Waals surface area contributed by atoms with Gasteiger partial charge in [0.25, 0.3) is 5.91 Å². The van der Waals surface area contributed by atoms with Crippen LogP contribution >= 0.6 is 11.3 Å². The zero-order valence-corrected chi connectivity index (χ0v) is 20.0. The highest BCUT2D eigenvalue weighted by Gasteiger charge is 2.54. The van der Waals surface area contributed by atoms with E-state index in [1.165, 1.54) is 18.3 Å². The van der Waals surface area contributed by atoms with Gasteiger partial charge in [-0.1, -0.05) is 48.5 Å². The summed E-state index contributed by atoms with van der Waals surface area (Å²) in [7, 11) is 0. The molecule has 4 amide bonds. The smallest absolute Gasteiger partial charge is 0.325 e. The normalized spacial score (nSPS) is 17.6. The van der Waals surface area contributed by atoms with Gasteiger partial charge in [-0.2, -0.15) is 0 Å². The Balaban J connectivity index is 1.65. The minimum Gasteiger partial charge on any atom is -0.351 e. The van der Waals surface area contributed by atoms with E-state index in [-0.39, 0.29) is 18.2 Å². The number of carbonyl (C=O) groups excluding carboxylic acids is 4. The number of urea groups is 1. The standard InChI is InChI=1S/C26H25N3O4S/c1-16-9-10-20(13-17(16)2)26(19-7-5-4-6-8-19)24(32)29(25(33)28-26)15-22(31)23-12-11-21(34-23)14-27-18(3)30/h4-13H,14-15H2,1-3H3,(H,27,30)(H,28,33)/t26-/m0/s1. The molecule has 0 bridgehead atoms. The molecule has 1 aliphatic rings. The predicted octanol–water partition coefficient (Wildman–Crippen LogP) is 3.68. The number of rotatable bonds is 7. The highest BCUT2D eigenvalue weighted by Crippen LogP contribution is 2.37. The van der Waals surface area contributed by atoms with Crippen LogP contribution in [0.25, 0.3) is 0 Å². The zero-order chi connectivity index (χ0) is 24.5. The summed E-state index contributed by atoms with van der Waals surface area (Å²) in [5.74, 6) is -0.994. The molecule has 1 aromatic heterocycles. The van der Waals surface area contributed by atoms with E-state index in [4.69, 9.17) is 0 Å². The van der Waals surface area contributed by atoms with Gasteiger partial charge in [0.1, 0.15) is 0 Å². The number of benzene rings is 2. The molecule has 34 heavy (non-hydrogen) atoms. The van der Waals surface area contributed by atoms with Crippen molar-refractivity contribution in [2.75, 3.05) is 6.54 Å². The molecule has 3 aromatic rings. The first kappa shape index (κ1) is 23.4. The van der Waals surface area contributed by atoms with Crippen LogP contribution < -0.4 is 10.6 Å². The van der Waals surface area contributed by atoms with E-state index in [0.29, 0.717) is 22.5 Å². The summed E-state index contributed by atoms with van der Waals surface area (Å²) in [6.07, 6.45) is 0. The highest BCUT2D eigenvalue weighted by atomic mass is 32.1. The van der Waals surface area contributed by atoms with E-state index < -0.39 is 17.5 Å². The van der Waals surface area contributed by atoms with Crippen LogP contribution in [0.5, 0.6) is 0 Å². The van der Waals surface area contributed by atoms with Crippen LogP contribution in [0.4, 0.5) is 4.79 Å². The molecular formula is C26H25N3O4S. The monoisotopic (exact) mass is 475 g/mol. The van der Waals surface area contributed by atoms with Crippen molar-refractivity contribution in [3.8, 4) is 0 Å². The van der Waals surface area contributed by atoms with E-state index in [0.717, 1.165) is 20.9 Å². The maximum absolute atomic E-state index is 13.8. The summed E-state index contributed by atoms with van der Waals surface area (Å²) in [6.45, 7) is 5.31. The number of nitrogens with one attached hydrogen (secondary N) is 2. The van der Waals surface area contributed by atoms with E-state index in [1.54, 1.807) is 24.3 Å². The molecule has 2 aromatic carbocycles. The fourth-order valence-corrected chi connectivity index (χ4v) is 4.87. The predicted molar refractivity (Wildman–Crippen MR) is 130 cm³/mol. The van der Waals surface area contributed by atoms with Gasteiger partial charge in [0.05, 0.1) is 18.0 Å². The Hall–Kier alpha value is -3.78.